The number of carbonyl (C=O) groups excluding carboxylic acids is 1. The molecule has 0 fully saturated rings. The zero-order chi connectivity index (χ0) is 17.8. The molecule has 1 amide bonds. The van der Waals surface area contributed by atoms with E-state index in [1.807, 2.05) is 37.3 Å². The number of rotatable bonds is 6. The fourth-order valence-corrected chi connectivity index (χ4v) is 2.17. The second kappa shape index (κ2) is 6.91. The summed E-state index contributed by atoms with van der Waals surface area (Å²) < 4.78 is 6.23. The molecule has 0 saturated carbocycles. The second-order valence-corrected chi connectivity index (χ2v) is 5.27. The zero-order valence-corrected chi connectivity index (χ0v) is 13.2. The van der Waals surface area contributed by atoms with E-state index >= 15 is 0 Å². The monoisotopic (exact) mass is 342 g/mol. The summed E-state index contributed by atoms with van der Waals surface area (Å²) in [6, 6.07) is 9.22. The smallest absolute Gasteiger partial charge is 0.316 e. The zero-order valence-electron chi connectivity index (χ0n) is 13.2. The van der Waals surface area contributed by atoms with Crippen molar-refractivity contribution in [1.82, 2.24) is 25.2 Å². The molecule has 25 heavy (non-hydrogen) atoms. The van der Waals surface area contributed by atoms with Crippen molar-refractivity contribution in [2.75, 3.05) is 0 Å². The second-order valence-electron chi connectivity index (χ2n) is 5.27. The highest BCUT2D eigenvalue weighted by atomic mass is 16.6. The SMILES string of the molecule is C[C@H](NC(=O)c1nc(Cn2cc([N+](=O)[O-])cn2)no1)c1ccccc1. The van der Waals surface area contributed by atoms with Gasteiger partial charge in [-0.1, -0.05) is 35.5 Å². The molecule has 3 rings (SSSR count). The van der Waals surface area contributed by atoms with Gasteiger partial charge in [0.2, 0.25) is 0 Å². The van der Waals surface area contributed by atoms with Crippen LogP contribution in [0.25, 0.3) is 0 Å². The average molecular weight is 342 g/mol. The van der Waals surface area contributed by atoms with Crippen LogP contribution in [0.15, 0.2) is 47.2 Å². The van der Waals surface area contributed by atoms with Crippen molar-refractivity contribution in [3.8, 4) is 0 Å². The summed E-state index contributed by atoms with van der Waals surface area (Å²) >= 11 is 0. The van der Waals surface area contributed by atoms with E-state index in [0.717, 1.165) is 11.8 Å². The van der Waals surface area contributed by atoms with E-state index in [1.165, 1.54) is 10.9 Å². The summed E-state index contributed by atoms with van der Waals surface area (Å²) in [5, 5.41) is 20.9. The lowest BCUT2D eigenvalue weighted by atomic mass is 10.1. The highest BCUT2D eigenvalue weighted by molar-refractivity contribution is 5.89. The predicted molar refractivity (Wildman–Crippen MR) is 84.6 cm³/mol. The van der Waals surface area contributed by atoms with Crippen molar-refractivity contribution in [3.05, 3.63) is 70.1 Å². The summed E-state index contributed by atoms with van der Waals surface area (Å²) in [5.74, 6) is -0.489. The molecule has 0 radical (unpaired) electrons. The van der Waals surface area contributed by atoms with Crippen molar-refractivity contribution < 1.29 is 14.2 Å². The number of hydrogen-bond acceptors (Lipinski definition) is 7. The van der Waals surface area contributed by atoms with Crippen LogP contribution in [-0.4, -0.2) is 30.8 Å². The quantitative estimate of drug-likeness (QED) is 0.533. The molecule has 1 atom stereocenters. The van der Waals surface area contributed by atoms with Gasteiger partial charge in [-0.25, -0.2) is 0 Å². The number of nitro groups is 1. The Bertz CT molecular complexity index is 888. The molecule has 0 saturated heterocycles. The molecular formula is C15H14N6O4. The van der Waals surface area contributed by atoms with Gasteiger partial charge >= 0.3 is 17.5 Å². The first kappa shape index (κ1) is 16.3. The number of carbonyl (C=O) groups is 1. The normalized spacial score (nSPS) is 11.9. The average Bonchev–Trinajstić information content (AvgIpc) is 3.26. The van der Waals surface area contributed by atoms with E-state index in [4.69, 9.17) is 4.52 Å². The van der Waals surface area contributed by atoms with Gasteiger partial charge in [-0.05, 0) is 12.5 Å². The van der Waals surface area contributed by atoms with Gasteiger partial charge in [-0.3, -0.25) is 19.6 Å². The first-order valence-electron chi connectivity index (χ1n) is 7.38. The standard InChI is InChI=1S/C15H14N6O4/c1-10(11-5-3-2-4-6-11)17-14(22)15-18-13(19-25-15)9-20-8-12(7-16-20)21(23)24/h2-8,10H,9H2,1H3,(H,17,22)/t10-/m0/s1. The Labute approximate surface area is 141 Å². The van der Waals surface area contributed by atoms with Crippen LogP contribution < -0.4 is 5.32 Å². The van der Waals surface area contributed by atoms with Crippen molar-refractivity contribution in [3.63, 3.8) is 0 Å². The largest absolute Gasteiger partial charge is 0.341 e. The molecule has 0 spiro atoms. The van der Waals surface area contributed by atoms with Crippen molar-refractivity contribution in [2.45, 2.75) is 19.5 Å². The van der Waals surface area contributed by atoms with E-state index in [-0.39, 0.29) is 30.0 Å². The Balaban J connectivity index is 1.64. The highest BCUT2D eigenvalue weighted by Gasteiger charge is 2.19. The van der Waals surface area contributed by atoms with E-state index in [0.29, 0.717) is 0 Å². The topological polar surface area (TPSA) is 129 Å². The van der Waals surface area contributed by atoms with Gasteiger partial charge in [0.15, 0.2) is 5.82 Å². The first-order chi connectivity index (χ1) is 12.0. The third-order valence-corrected chi connectivity index (χ3v) is 3.44. The van der Waals surface area contributed by atoms with Crippen LogP contribution in [0.2, 0.25) is 0 Å². The fraction of sp³-hybridized carbons (Fsp3) is 0.200. The lowest BCUT2D eigenvalue weighted by Gasteiger charge is -2.12. The van der Waals surface area contributed by atoms with E-state index in [9.17, 15) is 14.9 Å². The van der Waals surface area contributed by atoms with Crippen molar-refractivity contribution in [2.24, 2.45) is 0 Å². The first-order valence-corrected chi connectivity index (χ1v) is 7.38. The highest BCUT2D eigenvalue weighted by Crippen LogP contribution is 2.12. The summed E-state index contributed by atoms with van der Waals surface area (Å²) in [6.07, 6.45) is 2.36. The number of benzene rings is 1. The van der Waals surface area contributed by atoms with Crippen LogP contribution in [0.1, 0.15) is 35.0 Å². The molecule has 3 aromatic rings. The van der Waals surface area contributed by atoms with Gasteiger partial charge in [-0.2, -0.15) is 10.1 Å². The molecule has 10 nitrogen and oxygen atoms in total. The molecule has 0 aliphatic carbocycles. The third-order valence-electron chi connectivity index (χ3n) is 3.44. The minimum absolute atomic E-state index is 0.0544. The van der Waals surface area contributed by atoms with Gasteiger partial charge in [0.25, 0.3) is 0 Å². The number of nitrogens with zero attached hydrogens (tertiary/aromatic N) is 5. The Morgan fingerprint density at radius 3 is 2.84 bits per heavy atom. The van der Waals surface area contributed by atoms with Crippen LogP contribution in [-0.2, 0) is 6.54 Å². The fourth-order valence-electron chi connectivity index (χ4n) is 2.17. The third kappa shape index (κ3) is 3.86. The maximum atomic E-state index is 12.2. The van der Waals surface area contributed by atoms with Gasteiger partial charge < -0.3 is 9.84 Å². The van der Waals surface area contributed by atoms with Crippen LogP contribution in [0, 0.1) is 10.1 Å². The maximum Gasteiger partial charge on any atom is 0.316 e. The van der Waals surface area contributed by atoms with E-state index < -0.39 is 10.8 Å². The lowest BCUT2D eigenvalue weighted by Crippen LogP contribution is -2.26. The molecular weight excluding hydrogens is 328 g/mol. The Kier molecular flexibility index (Phi) is 4.50. The minimum atomic E-state index is -0.552. The molecule has 2 heterocycles. The van der Waals surface area contributed by atoms with Gasteiger partial charge in [0.05, 0.1) is 11.0 Å². The molecule has 10 heteroatoms. The van der Waals surface area contributed by atoms with Crippen molar-refractivity contribution in [1.29, 1.82) is 0 Å². The summed E-state index contributed by atoms with van der Waals surface area (Å²) in [7, 11) is 0. The van der Waals surface area contributed by atoms with Crippen LogP contribution in [0.5, 0.6) is 0 Å². The number of aromatic nitrogens is 4. The maximum absolute atomic E-state index is 12.2. The molecule has 0 aliphatic heterocycles. The van der Waals surface area contributed by atoms with Crippen LogP contribution in [0.3, 0.4) is 0 Å². The summed E-state index contributed by atoms with van der Waals surface area (Å²) in [6.45, 7) is 1.90. The summed E-state index contributed by atoms with van der Waals surface area (Å²) in [4.78, 5) is 26.2. The van der Waals surface area contributed by atoms with Gasteiger partial charge in [0, 0.05) is 0 Å². The van der Waals surface area contributed by atoms with E-state index in [2.05, 4.69) is 20.6 Å². The Hall–Kier alpha value is -3.56. The molecule has 0 aliphatic rings. The predicted octanol–water partition coefficient (Wildman–Crippen LogP) is 1.71. The summed E-state index contributed by atoms with van der Waals surface area (Å²) in [5.41, 5.74) is 0.803. The van der Waals surface area contributed by atoms with Gasteiger partial charge in [0.1, 0.15) is 18.9 Å². The molecule has 2 aromatic heterocycles. The Morgan fingerprint density at radius 1 is 1.40 bits per heavy atom. The van der Waals surface area contributed by atoms with Crippen LogP contribution in [0.4, 0.5) is 5.69 Å². The number of nitrogens with one attached hydrogen (secondary N) is 1. The van der Waals surface area contributed by atoms with Crippen LogP contribution >= 0.6 is 0 Å². The lowest BCUT2D eigenvalue weighted by molar-refractivity contribution is -0.385. The van der Waals surface area contributed by atoms with E-state index in [1.54, 1.807) is 0 Å². The number of hydrogen-bond donors (Lipinski definition) is 1. The molecule has 0 bridgehead atoms. The molecule has 0 unspecified atom stereocenters. The number of amides is 1. The molecule has 1 aromatic carbocycles. The molecule has 128 valence electrons. The minimum Gasteiger partial charge on any atom is -0.341 e. The van der Waals surface area contributed by atoms with Crippen molar-refractivity contribution >= 4 is 11.6 Å². The Morgan fingerprint density at radius 2 is 2.16 bits per heavy atom. The van der Waals surface area contributed by atoms with Gasteiger partial charge in [-0.15, -0.1) is 0 Å². The molecule has 1 N–H and O–H groups in total.